The first kappa shape index (κ1) is 18.7. The van der Waals surface area contributed by atoms with Crippen LogP contribution in [0.25, 0.3) is 0 Å². The average molecular weight is 466 g/mol. The summed E-state index contributed by atoms with van der Waals surface area (Å²) in [5.74, 6) is -0.0131. The molecule has 0 saturated carbocycles. The highest BCUT2D eigenvalue weighted by Crippen LogP contribution is 2.36. The van der Waals surface area contributed by atoms with Crippen LogP contribution >= 0.6 is 42.5 Å². The number of amides is 1. The monoisotopic (exact) mass is 463 g/mol. The molecule has 0 aliphatic carbocycles. The molecule has 6 nitrogen and oxygen atoms in total. The van der Waals surface area contributed by atoms with E-state index < -0.39 is 9.05 Å². The van der Waals surface area contributed by atoms with E-state index in [2.05, 4.69) is 37.2 Å². The van der Waals surface area contributed by atoms with Crippen LogP contribution in [0.5, 0.6) is 5.75 Å². The second-order valence-electron chi connectivity index (χ2n) is 3.79. The normalized spacial score (nSPS) is 11.2. The van der Waals surface area contributed by atoms with Gasteiger partial charge in [-0.3, -0.25) is 4.79 Å². The number of ether oxygens (including phenoxy) is 2. The molecule has 0 aromatic heterocycles. The average Bonchev–Trinajstić information content (AvgIpc) is 2.36. The van der Waals surface area contributed by atoms with E-state index in [9.17, 15) is 13.2 Å². The second kappa shape index (κ2) is 8.33. The number of benzene rings is 1. The number of hydrogen-bond donors (Lipinski definition) is 1. The Hall–Kier alpha value is -0.350. The molecule has 1 aromatic rings. The van der Waals surface area contributed by atoms with Gasteiger partial charge < -0.3 is 14.8 Å². The van der Waals surface area contributed by atoms with Gasteiger partial charge in [0.05, 0.1) is 20.4 Å². The van der Waals surface area contributed by atoms with Gasteiger partial charge in [-0.2, -0.15) is 0 Å². The van der Waals surface area contributed by atoms with Crippen LogP contribution in [0.1, 0.15) is 0 Å². The van der Waals surface area contributed by atoms with E-state index in [1.165, 1.54) is 19.2 Å². The molecule has 118 valence electrons. The van der Waals surface area contributed by atoms with E-state index >= 15 is 0 Å². The molecule has 1 amide bonds. The highest BCUT2D eigenvalue weighted by atomic mass is 79.9. The van der Waals surface area contributed by atoms with Crippen LogP contribution in [0.15, 0.2) is 26.0 Å². The largest absolute Gasteiger partial charge is 0.481 e. The number of carbonyl (C=O) groups excluding carboxylic acids is 1. The van der Waals surface area contributed by atoms with Crippen molar-refractivity contribution in [1.29, 1.82) is 0 Å². The maximum Gasteiger partial charge on any atom is 0.261 e. The molecule has 0 atom stereocenters. The third-order valence-corrected chi connectivity index (χ3v) is 4.74. The maximum atomic E-state index is 11.5. The molecular weight excluding hydrogens is 453 g/mol. The van der Waals surface area contributed by atoms with Gasteiger partial charge in [-0.25, -0.2) is 8.42 Å². The fraction of sp³-hybridized carbons (Fsp3) is 0.364. The first-order chi connectivity index (χ1) is 9.75. The van der Waals surface area contributed by atoms with Crippen molar-refractivity contribution in [2.24, 2.45) is 0 Å². The first-order valence-corrected chi connectivity index (χ1v) is 9.47. The van der Waals surface area contributed by atoms with Crippen molar-refractivity contribution in [3.63, 3.8) is 0 Å². The minimum Gasteiger partial charge on any atom is -0.481 e. The van der Waals surface area contributed by atoms with Crippen LogP contribution in [0.3, 0.4) is 0 Å². The number of rotatable bonds is 7. The Morgan fingerprint density at radius 1 is 1.33 bits per heavy atom. The Bertz CT molecular complexity index is 600. The van der Waals surface area contributed by atoms with E-state index in [1.54, 1.807) is 0 Å². The zero-order valence-electron chi connectivity index (χ0n) is 10.9. The molecule has 0 bridgehead atoms. The SMILES string of the molecule is COCCNC(=O)COc1c(Br)cc(S(=O)(=O)Cl)cc1Br. The van der Waals surface area contributed by atoms with Gasteiger partial charge >= 0.3 is 0 Å². The highest BCUT2D eigenvalue weighted by molar-refractivity contribution is 9.11. The quantitative estimate of drug-likeness (QED) is 0.494. The Kier molecular flexibility index (Phi) is 7.41. The summed E-state index contributed by atoms with van der Waals surface area (Å²) in [6.07, 6.45) is 0. The molecule has 0 fully saturated rings. The number of nitrogens with one attached hydrogen (secondary N) is 1. The van der Waals surface area contributed by atoms with Crippen LogP contribution < -0.4 is 10.1 Å². The van der Waals surface area contributed by atoms with Gasteiger partial charge in [0.2, 0.25) is 0 Å². The minimum absolute atomic E-state index is 0.0835. The Labute approximate surface area is 143 Å². The number of methoxy groups -OCH3 is 1. The molecule has 0 aliphatic heterocycles. The lowest BCUT2D eigenvalue weighted by molar-refractivity contribution is -0.123. The summed E-state index contributed by atoms with van der Waals surface area (Å²) in [6.45, 7) is 0.569. The van der Waals surface area contributed by atoms with Crippen molar-refractivity contribution in [3.05, 3.63) is 21.1 Å². The smallest absolute Gasteiger partial charge is 0.261 e. The molecule has 0 spiro atoms. The van der Waals surface area contributed by atoms with E-state index in [4.69, 9.17) is 20.2 Å². The number of hydrogen-bond acceptors (Lipinski definition) is 5. The predicted molar refractivity (Wildman–Crippen MR) is 85.3 cm³/mol. The maximum absolute atomic E-state index is 11.5. The van der Waals surface area contributed by atoms with Crippen LogP contribution in [-0.2, 0) is 18.6 Å². The van der Waals surface area contributed by atoms with Gasteiger partial charge in [-0.15, -0.1) is 0 Å². The Balaban J connectivity index is 2.75. The van der Waals surface area contributed by atoms with Gasteiger partial charge in [0.25, 0.3) is 15.0 Å². The molecule has 0 saturated heterocycles. The van der Waals surface area contributed by atoms with Crippen molar-refractivity contribution in [3.8, 4) is 5.75 Å². The fourth-order valence-electron chi connectivity index (χ4n) is 1.30. The van der Waals surface area contributed by atoms with E-state index in [0.717, 1.165) is 0 Å². The molecule has 21 heavy (non-hydrogen) atoms. The van der Waals surface area contributed by atoms with Crippen LogP contribution in [0.2, 0.25) is 0 Å². The van der Waals surface area contributed by atoms with E-state index in [-0.39, 0.29) is 17.4 Å². The van der Waals surface area contributed by atoms with E-state index in [0.29, 0.717) is 27.8 Å². The standard InChI is InChI=1S/C11H12Br2ClNO5S/c1-19-3-2-15-10(16)6-20-11-8(12)4-7(5-9(11)13)21(14,17)18/h4-5H,2-3,6H2,1H3,(H,15,16). The van der Waals surface area contributed by atoms with Crippen LogP contribution in [-0.4, -0.2) is 41.2 Å². The van der Waals surface area contributed by atoms with Gasteiger partial charge in [-0.1, -0.05) is 0 Å². The second-order valence-corrected chi connectivity index (χ2v) is 8.06. The Morgan fingerprint density at radius 2 is 1.90 bits per heavy atom. The number of carbonyl (C=O) groups is 1. The van der Waals surface area contributed by atoms with Crippen molar-refractivity contribution in [1.82, 2.24) is 5.32 Å². The minimum atomic E-state index is -3.85. The Morgan fingerprint density at radius 3 is 2.38 bits per heavy atom. The lowest BCUT2D eigenvalue weighted by Gasteiger charge is -2.11. The van der Waals surface area contributed by atoms with Crippen molar-refractivity contribution < 1.29 is 22.7 Å². The molecule has 10 heteroatoms. The summed E-state index contributed by atoms with van der Waals surface area (Å²) in [5, 5.41) is 2.59. The third-order valence-electron chi connectivity index (χ3n) is 2.23. The molecule has 0 radical (unpaired) electrons. The summed E-state index contributed by atoms with van der Waals surface area (Å²) in [7, 11) is 2.95. The van der Waals surface area contributed by atoms with Crippen LogP contribution in [0.4, 0.5) is 0 Å². The molecule has 1 rings (SSSR count). The van der Waals surface area contributed by atoms with E-state index in [1.807, 2.05) is 0 Å². The molecule has 0 unspecified atom stereocenters. The van der Waals surface area contributed by atoms with Crippen molar-refractivity contribution in [2.45, 2.75) is 4.90 Å². The van der Waals surface area contributed by atoms with Gasteiger partial charge in [0, 0.05) is 24.3 Å². The van der Waals surface area contributed by atoms with Crippen molar-refractivity contribution >= 4 is 57.5 Å². The topological polar surface area (TPSA) is 81.7 Å². The van der Waals surface area contributed by atoms with Gasteiger partial charge in [0.1, 0.15) is 5.75 Å². The zero-order valence-corrected chi connectivity index (χ0v) is 15.6. The fourth-order valence-corrected chi connectivity index (χ4v) is 3.80. The first-order valence-electron chi connectivity index (χ1n) is 5.58. The molecule has 0 aliphatic rings. The molecular formula is C11H12Br2ClNO5S. The summed E-state index contributed by atoms with van der Waals surface area (Å²) in [6, 6.07) is 2.59. The lowest BCUT2D eigenvalue weighted by Crippen LogP contribution is -2.31. The lowest BCUT2D eigenvalue weighted by atomic mass is 10.3. The summed E-state index contributed by atoms with van der Waals surface area (Å²) in [5.41, 5.74) is 0. The van der Waals surface area contributed by atoms with Crippen molar-refractivity contribution in [2.75, 3.05) is 26.9 Å². The van der Waals surface area contributed by atoms with Gasteiger partial charge in [0.15, 0.2) is 6.61 Å². The molecule has 0 heterocycles. The molecule has 1 N–H and O–H groups in total. The zero-order chi connectivity index (χ0) is 16.0. The van der Waals surface area contributed by atoms with Gasteiger partial charge in [-0.05, 0) is 44.0 Å². The third kappa shape index (κ3) is 6.11. The highest BCUT2D eigenvalue weighted by Gasteiger charge is 2.17. The summed E-state index contributed by atoms with van der Waals surface area (Å²) >= 11 is 6.35. The predicted octanol–water partition coefficient (Wildman–Crippen LogP) is 2.28. The summed E-state index contributed by atoms with van der Waals surface area (Å²) in [4.78, 5) is 11.4. The molecule has 1 aromatic carbocycles. The summed E-state index contributed by atoms with van der Waals surface area (Å²) < 4.78 is 33.4. The van der Waals surface area contributed by atoms with Crippen LogP contribution in [0, 0.1) is 0 Å². The number of halogens is 3.